The molecule has 2 nitrogen and oxygen atoms in total. The summed E-state index contributed by atoms with van der Waals surface area (Å²) in [6, 6.07) is 0.542. The van der Waals surface area contributed by atoms with Crippen molar-refractivity contribution in [3.05, 3.63) is 62.0 Å². The number of hydrogen-bond acceptors (Lipinski definition) is 2. The van der Waals surface area contributed by atoms with Gasteiger partial charge in [0.2, 0.25) is 0 Å². The molecule has 0 bridgehead atoms. The van der Waals surface area contributed by atoms with Crippen LogP contribution >= 0.6 is 0 Å². The highest BCUT2D eigenvalue weighted by molar-refractivity contribution is 5.02. The van der Waals surface area contributed by atoms with Gasteiger partial charge in [0, 0.05) is 12.1 Å². The number of allylic oxidation sites excluding steroid dienone is 2. The lowest BCUT2D eigenvalue weighted by Crippen LogP contribution is -2.24. The second kappa shape index (κ2) is 12.3. The molecule has 0 saturated carbocycles. The van der Waals surface area contributed by atoms with Crippen LogP contribution in [0.5, 0.6) is 0 Å². The molecule has 0 amide bonds. The highest BCUT2D eigenvalue weighted by Crippen LogP contribution is 2.01. The minimum atomic E-state index is 0.271. The van der Waals surface area contributed by atoms with Crippen LogP contribution in [0.3, 0.4) is 0 Å². The Morgan fingerprint density at radius 2 is 1.65 bits per heavy atom. The van der Waals surface area contributed by atoms with Crippen molar-refractivity contribution in [3.8, 4) is 0 Å². The van der Waals surface area contributed by atoms with E-state index < -0.39 is 0 Å². The molecule has 0 aliphatic carbocycles. The molecule has 0 rings (SSSR count). The minimum absolute atomic E-state index is 0.271. The van der Waals surface area contributed by atoms with Crippen LogP contribution in [0.15, 0.2) is 62.0 Å². The zero-order chi connectivity index (χ0) is 15.2. The molecular weight excluding hydrogens is 244 g/mol. The monoisotopic (exact) mass is 274 g/mol. The Morgan fingerprint density at radius 1 is 0.950 bits per heavy atom. The van der Waals surface area contributed by atoms with Gasteiger partial charge in [0.15, 0.2) is 0 Å². The molecule has 20 heavy (non-hydrogen) atoms. The van der Waals surface area contributed by atoms with Crippen molar-refractivity contribution in [1.29, 1.82) is 0 Å². The number of rotatable bonds is 11. The van der Waals surface area contributed by atoms with Crippen LogP contribution in [0.1, 0.15) is 33.6 Å². The largest absolute Gasteiger partial charge is 0.385 e. The van der Waals surface area contributed by atoms with E-state index in [-0.39, 0.29) is 12.1 Å². The highest BCUT2D eigenvalue weighted by atomic mass is 14.9. The van der Waals surface area contributed by atoms with Gasteiger partial charge in [-0.3, -0.25) is 0 Å². The predicted molar refractivity (Wildman–Crippen MR) is 91.4 cm³/mol. The Balaban J connectivity index is 4.25. The Labute approximate surface area is 125 Å². The Kier molecular flexibility index (Phi) is 11.3. The molecule has 0 radical (unpaired) electrons. The maximum atomic E-state index is 3.87. The molecule has 2 heteroatoms. The summed E-state index contributed by atoms with van der Waals surface area (Å²) in [6.07, 6.45) is 18.2. The van der Waals surface area contributed by atoms with Crippen LogP contribution in [-0.2, 0) is 0 Å². The van der Waals surface area contributed by atoms with Crippen molar-refractivity contribution < 1.29 is 0 Å². The molecule has 2 N–H and O–H groups in total. The molecule has 0 fully saturated rings. The summed E-state index contributed by atoms with van der Waals surface area (Å²) < 4.78 is 0. The van der Waals surface area contributed by atoms with Crippen LogP contribution in [0, 0.1) is 5.92 Å². The van der Waals surface area contributed by atoms with Crippen LogP contribution in [0.4, 0.5) is 0 Å². The number of nitrogens with one attached hydrogen (secondary N) is 2. The second-order valence-corrected chi connectivity index (χ2v) is 5.07. The van der Waals surface area contributed by atoms with Crippen LogP contribution in [0.25, 0.3) is 0 Å². The Hall–Kier alpha value is -1.70. The topological polar surface area (TPSA) is 24.1 Å². The summed E-state index contributed by atoms with van der Waals surface area (Å²) >= 11 is 0. The van der Waals surface area contributed by atoms with E-state index in [0.29, 0.717) is 5.92 Å². The predicted octanol–water partition coefficient (Wildman–Crippen LogP) is 4.31. The van der Waals surface area contributed by atoms with Crippen LogP contribution in [-0.4, -0.2) is 12.1 Å². The summed E-state index contributed by atoms with van der Waals surface area (Å²) in [6.45, 7) is 14.0. The first-order valence-electron chi connectivity index (χ1n) is 7.34. The zero-order valence-corrected chi connectivity index (χ0v) is 13.2. The Morgan fingerprint density at radius 3 is 2.20 bits per heavy atom. The number of hydrogen-bond donors (Lipinski definition) is 2. The maximum Gasteiger partial charge on any atom is 0.0489 e. The van der Waals surface area contributed by atoms with Crippen molar-refractivity contribution >= 4 is 0 Å². The van der Waals surface area contributed by atoms with Crippen molar-refractivity contribution in [2.75, 3.05) is 0 Å². The molecule has 0 aromatic rings. The molecule has 2 atom stereocenters. The average Bonchev–Trinajstić information content (AvgIpc) is 2.42. The zero-order valence-electron chi connectivity index (χ0n) is 13.2. The molecule has 0 aliphatic rings. The third-order valence-corrected chi connectivity index (χ3v) is 2.73. The van der Waals surface area contributed by atoms with E-state index in [2.05, 4.69) is 55.9 Å². The molecule has 0 aliphatic heterocycles. The van der Waals surface area contributed by atoms with Gasteiger partial charge in [0.05, 0.1) is 0 Å². The SMILES string of the molecule is C=CCC(/C=C/NC(C=C)C/C=C/C(C)C)N/C=C/C. The lowest BCUT2D eigenvalue weighted by atomic mass is 10.1. The summed E-state index contributed by atoms with van der Waals surface area (Å²) in [7, 11) is 0. The van der Waals surface area contributed by atoms with Crippen LogP contribution < -0.4 is 10.6 Å². The van der Waals surface area contributed by atoms with E-state index in [1.807, 2.05) is 37.6 Å². The highest BCUT2D eigenvalue weighted by Gasteiger charge is 2.00. The fourth-order valence-corrected chi connectivity index (χ4v) is 1.63. The van der Waals surface area contributed by atoms with Gasteiger partial charge < -0.3 is 10.6 Å². The van der Waals surface area contributed by atoms with Crippen molar-refractivity contribution in [1.82, 2.24) is 10.6 Å². The van der Waals surface area contributed by atoms with E-state index in [9.17, 15) is 0 Å². The van der Waals surface area contributed by atoms with E-state index >= 15 is 0 Å². The van der Waals surface area contributed by atoms with Gasteiger partial charge in [-0.1, -0.05) is 44.2 Å². The first-order chi connectivity index (χ1) is 9.63. The third-order valence-electron chi connectivity index (χ3n) is 2.73. The molecule has 112 valence electrons. The van der Waals surface area contributed by atoms with Crippen molar-refractivity contribution in [2.24, 2.45) is 5.92 Å². The average molecular weight is 274 g/mol. The van der Waals surface area contributed by atoms with Crippen LogP contribution in [0.2, 0.25) is 0 Å². The van der Waals surface area contributed by atoms with Crippen molar-refractivity contribution in [2.45, 2.75) is 45.7 Å². The van der Waals surface area contributed by atoms with Gasteiger partial charge in [-0.05, 0) is 44.2 Å². The molecule has 0 aromatic heterocycles. The van der Waals surface area contributed by atoms with E-state index in [4.69, 9.17) is 0 Å². The third kappa shape index (κ3) is 10.2. The standard InChI is InChI=1S/C18H30N2/c1-6-10-18(19-14-7-2)13-15-20-17(8-3)12-9-11-16(4)5/h6-9,11,13-20H,1,3,10,12H2,2,4-5H3/b11-9+,14-7+,15-13+. The smallest absolute Gasteiger partial charge is 0.0489 e. The van der Waals surface area contributed by atoms with Gasteiger partial charge in [-0.2, -0.15) is 0 Å². The van der Waals surface area contributed by atoms with Gasteiger partial charge in [0.1, 0.15) is 0 Å². The van der Waals surface area contributed by atoms with Crippen molar-refractivity contribution in [3.63, 3.8) is 0 Å². The van der Waals surface area contributed by atoms with Gasteiger partial charge in [-0.25, -0.2) is 0 Å². The first kappa shape index (κ1) is 18.3. The van der Waals surface area contributed by atoms with E-state index in [0.717, 1.165) is 12.8 Å². The quantitative estimate of drug-likeness (QED) is 0.548. The van der Waals surface area contributed by atoms with Gasteiger partial charge in [-0.15, -0.1) is 13.2 Å². The summed E-state index contributed by atoms with van der Waals surface area (Å²) in [4.78, 5) is 0. The summed E-state index contributed by atoms with van der Waals surface area (Å²) in [5, 5.41) is 6.66. The minimum Gasteiger partial charge on any atom is -0.385 e. The molecule has 2 unspecified atom stereocenters. The van der Waals surface area contributed by atoms with Gasteiger partial charge in [0.25, 0.3) is 0 Å². The fraction of sp³-hybridized carbons (Fsp3) is 0.444. The van der Waals surface area contributed by atoms with E-state index in [1.54, 1.807) is 0 Å². The molecule has 0 aromatic carbocycles. The van der Waals surface area contributed by atoms with E-state index in [1.165, 1.54) is 0 Å². The summed E-state index contributed by atoms with van der Waals surface area (Å²) in [5.74, 6) is 0.595. The maximum absolute atomic E-state index is 3.87. The Bertz CT molecular complexity index is 337. The molecule has 0 heterocycles. The molecule has 0 saturated heterocycles. The lowest BCUT2D eigenvalue weighted by molar-refractivity contribution is 0.677. The lowest BCUT2D eigenvalue weighted by Gasteiger charge is -2.13. The van der Waals surface area contributed by atoms with Gasteiger partial charge >= 0.3 is 0 Å². The molecular formula is C18H30N2. The normalized spacial score (nSPS) is 15.0. The summed E-state index contributed by atoms with van der Waals surface area (Å²) in [5.41, 5.74) is 0. The fourth-order valence-electron chi connectivity index (χ4n) is 1.63. The first-order valence-corrected chi connectivity index (χ1v) is 7.34. The second-order valence-electron chi connectivity index (χ2n) is 5.07. The molecule has 0 spiro atoms.